The van der Waals surface area contributed by atoms with Crippen LogP contribution in [0, 0.1) is 0 Å². The number of methoxy groups -OCH3 is 2. The Morgan fingerprint density at radius 2 is 1.65 bits per heavy atom. The van der Waals surface area contributed by atoms with E-state index in [1.165, 1.54) is 0 Å². The minimum absolute atomic E-state index is 0.0943. The Labute approximate surface area is 127 Å². The minimum atomic E-state index is -0.0943. The first-order valence-electron chi connectivity index (χ1n) is 6.13. The Morgan fingerprint density at radius 3 is 2.15 bits per heavy atom. The van der Waals surface area contributed by atoms with Gasteiger partial charge in [-0.05, 0) is 51.3 Å². The van der Waals surface area contributed by atoms with Crippen molar-refractivity contribution in [3.05, 3.63) is 58.1 Å². The van der Waals surface area contributed by atoms with E-state index in [-0.39, 0.29) is 6.04 Å². The second-order valence-electron chi connectivity index (χ2n) is 4.27. The summed E-state index contributed by atoms with van der Waals surface area (Å²) in [4.78, 5) is 0. The number of hydrogen-bond acceptors (Lipinski definition) is 4. The zero-order chi connectivity index (χ0) is 14.5. The quantitative estimate of drug-likeness (QED) is 0.651. The third kappa shape index (κ3) is 3.12. The lowest BCUT2D eigenvalue weighted by Gasteiger charge is -2.18. The molecule has 0 aromatic heterocycles. The molecule has 1 unspecified atom stereocenters. The molecule has 0 aliphatic rings. The van der Waals surface area contributed by atoms with Gasteiger partial charge in [-0.3, -0.25) is 5.84 Å². The molecule has 4 nitrogen and oxygen atoms in total. The van der Waals surface area contributed by atoms with Crippen molar-refractivity contribution in [3.63, 3.8) is 0 Å². The predicted molar refractivity (Wildman–Crippen MR) is 82.9 cm³/mol. The largest absolute Gasteiger partial charge is 0.497 e. The van der Waals surface area contributed by atoms with Gasteiger partial charge >= 0.3 is 0 Å². The number of benzene rings is 2. The summed E-state index contributed by atoms with van der Waals surface area (Å²) in [6.45, 7) is 0. The van der Waals surface area contributed by atoms with Gasteiger partial charge in [-0.25, -0.2) is 5.43 Å². The van der Waals surface area contributed by atoms with Crippen molar-refractivity contribution in [3.8, 4) is 11.5 Å². The van der Waals surface area contributed by atoms with Gasteiger partial charge in [-0.2, -0.15) is 0 Å². The van der Waals surface area contributed by atoms with Crippen molar-refractivity contribution < 1.29 is 9.47 Å². The van der Waals surface area contributed by atoms with Gasteiger partial charge in [0.2, 0.25) is 0 Å². The Hall–Kier alpha value is -1.56. The maximum atomic E-state index is 5.70. The maximum absolute atomic E-state index is 5.70. The van der Waals surface area contributed by atoms with Crippen molar-refractivity contribution in [2.45, 2.75) is 6.04 Å². The van der Waals surface area contributed by atoms with Gasteiger partial charge in [-0.1, -0.05) is 18.2 Å². The fourth-order valence-electron chi connectivity index (χ4n) is 2.04. The highest BCUT2D eigenvalue weighted by Gasteiger charge is 2.14. The molecule has 0 aliphatic carbocycles. The van der Waals surface area contributed by atoms with Crippen LogP contribution >= 0.6 is 15.9 Å². The number of ether oxygens (including phenoxy) is 2. The molecular formula is C15H17BrN2O2. The first-order valence-corrected chi connectivity index (χ1v) is 6.92. The molecule has 2 aromatic rings. The lowest BCUT2D eigenvalue weighted by atomic mass is 9.99. The summed E-state index contributed by atoms with van der Waals surface area (Å²) in [6.07, 6.45) is 0. The number of hydrogen-bond donors (Lipinski definition) is 2. The number of hydrazine groups is 1. The van der Waals surface area contributed by atoms with Crippen LogP contribution in [-0.2, 0) is 0 Å². The molecule has 5 heteroatoms. The monoisotopic (exact) mass is 336 g/mol. The van der Waals surface area contributed by atoms with Crippen molar-refractivity contribution in [1.82, 2.24) is 5.43 Å². The van der Waals surface area contributed by atoms with Crippen molar-refractivity contribution in [2.75, 3.05) is 14.2 Å². The van der Waals surface area contributed by atoms with Crippen LogP contribution in [-0.4, -0.2) is 14.2 Å². The van der Waals surface area contributed by atoms with Crippen LogP contribution in [0.2, 0.25) is 0 Å². The molecule has 0 saturated heterocycles. The van der Waals surface area contributed by atoms with E-state index in [4.69, 9.17) is 15.3 Å². The highest BCUT2D eigenvalue weighted by atomic mass is 79.9. The molecule has 20 heavy (non-hydrogen) atoms. The normalized spacial score (nSPS) is 12.0. The van der Waals surface area contributed by atoms with Crippen molar-refractivity contribution >= 4 is 15.9 Å². The Kier molecular flexibility index (Phi) is 5.00. The lowest BCUT2D eigenvalue weighted by Crippen LogP contribution is -2.28. The second-order valence-corrected chi connectivity index (χ2v) is 5.12. The van der Waals surface area contributed by atoms with Gasteiger partial charge in [-0.15, -0.1) is 0 Å². The number of nitrogens with two attached hydrogens (primary N) is 1. The van der Waals surface area contributed by atoms with Crippen LogP contribution < -0.4 is 20.7 Å². The SMILES string of the molecule is COc1ccc(C(NN)c2ccc(OC)c(Br)c2)cc1. The molecule has 0 amide bonds. The van der Waals surface area contributed by atoms with E-state index in [0.717, 1.165) is 27.1 Å². The van der Waals surface area contributed by atoms with Crippen LogP contribution in [0.15, 0.2) is 46.9 Å². The first kappa shape index (κ1) is 14.8. The summed E-state index contributed by atoms with van der Waals surface area (Å²) >= 11 is 3.49. The number of halogens is 1. The molecule has 2 rings (SSSR count). The van der Waals surface area contributed by atoms with Gasteiger partial charge in [0.15, 0.2) is 0 Å². The van der Waals surface area contributed by atoms with Crippen LogP contribution in [0.3, 0.4) is 0 Å². The van der Waals surface area contributed by atoms with Gasteiger partial charge in [0.1, 0.15) is 11.5 Å². The summed E-state index contributed by atoms with van der Waals surface area (Å²) in [5.74, 6) is 7.31. The molecule has 0 saturated carbocycles. The molecule has 0 radical (unpaired) electrons. The lowest BCUT2D eigenvalue weighted by molar-refractivity contribution is 0.411. The standard InChI is InChI=1S/C15H17BrN2O2/c1-19-12-6-3-10(4-7-12)15(18-17)11-5-8-14(20-2)13(16)9-11/h3-9,15,18H,17H2,1-2H3. The molecule has 0 spiro atoms. The van der Waals surface area contributed by atoms with E-state index in [0.29, 0.717) is 0 Å². The third-order valence-corrected chi connectivity index (χ3v) is 3.74. The molecule has 2 aromatic carbocycles. The van der Waals surface area contributed by atoms with Gasteiger partial charge < -0.3 is 9.47 Å². The van der Waals surface area contributed by atoms with E-state index < -0.39 is 0 Å². The number of rotatable bonds is 5. The molecule has 0 fully saturated rings. The van der Waals surface area contributed by atoms with Crippen molar-refractivity contribution in [2.24, 2.45) is 5.84 Å². The fraction of sp³-hybridized carbons (Fsp3) is 0.200. The van der Waals surface area contributed by atoms with E-state index in [1.807, 2.05) is 42.5 Å². The Balaban J connectivity index is 2.33. The van der Waals surface area contributed by atoms with E-state index in [2.05, 4.69) is 21.4 Å². The fourth-order valence-corrected chi connectivity index (χ4v) is 2.60. The summed E-state index contributed by atoms with van der Waals surface area (Å²) in [6, 6.07) is 13.6. The summed E-state index contributed by atoms with van der Waals surface area (Å²) in [7, 11) is 3.29. The van der Waals surface area contributed by atoms with Gasteiger partial charge in [0.25, 0.3) is 0 Å². The smallest absolute Gasteiger partial charge is 0.133 e. The maximum Gasteiger partial charge on any atom is 0.133 e. The second kappa shape index (κ2) is 6.74. The molecule has 0 bridgehead atoms. The average molecular weight is 337 g/mol. The first-order chi connectivity index (χ1) is 9.69. The van der Waals surface area contributed by atoms with Crippen LogP contribution in [0.5, 0.6) is 11.5 Å². The molecule has 0 aliphatic heterocycles. The average Bonchev–Trinajstić information content (AvgIpc) is 2.49. The minimum Gasteiger partial charge on any atom is -0.497 e. The predicted octanol–water partition coefficient (Wildman–Crippen LogP) is 3.02. The summed E-state index contributed by atoms with van der Waals surface area (Å²) < 4.78 is 11.3. The van der Waals surface area contributed by atoms with Crippen molar-refractivity contribution in [1.29, 1.82) is 0 Å². The van der Waals surface area contributed by atoms with E-state index in [9.17, 15) is 0 Å². The summed E-state index contributed by atoms with van der Waals surface area (Å²) in [5.41, 5.74) is 4.94. The Bertz CT molecular complexity index is 573. The molecular weight excluding hydrogens is 320 g/mol. The van der Waals surface area contributed by atoms with Crippen LogP contribution in [0.4, 0.5) is 0 Å². The van der Waals surface area contributed by atoms with Crippen LogP contribution in [0.25, 0.3) is 0 Å². The molecule has 1 atom stereocenters. The molecule has 0 heterocycles. The van der Waals surface area contributed by atoms with Gasteiger partial charge in [0, 0.05) is 0 Å². The molecule has 106 valence electrons. The van der Waals surface area contributed by atoms with Crippen LogP contribution in [0.1, 0.15) is 17.2 Å². The zero-order valence-electron chi connectivity index (χ0n) is 11.4. The number of nitrogens with one attached hydrogen (secondary N) is 1. The highest BCUT2D eigenvalue weighted by Crippen LogP contribution is 2.30. The van der Waals surface area contributed by atoms with Gasteiger partial charge in [0.05, 0.1) is 24.7 Å². The summed E-state index contributed by atoms with van der Waals surface area (Å²) in [5, 5.41) is 0. The third-order valence-electron chi connectivity index (χ3n) is 3.12. The zero-order valence-corrected chi connectivity index (χ0v) is 13.0. The van der Waals surface area contributed by atoms with E-state index in [1.54, 1.807) is 14.2 Å². The topological polar surface area (TPSA) is 56.5 Å². The Morgan fingerprint density at radius 1 is 1.00 bits per heavy atom. The highest BCUT2D eigenvalue weighted by molar-refractivity contribution is 9.10. The van der Waals surface area contributed by atoms with E-state index >= 15 is 0 Å². The molecule has 3 N–H and O–H groups in total.